The highest BCUT2D eigenvalue weighted by Crippen LogP contribution is 2.39. The van der Waals surface area contributed by atoms with Gasteiger partial charge in [-0.05, 0) is 50.2 Å². The average Bonchev–Trinajstić information content (AvgIpc) is 2.30. The molecular formula is C10H6Br2F3N3OS. The highest BCUT2D eigenvalue weighted by Gasteiger charge is 2.31. The van der Waals surface area contributed by atoms with Crippen LogP contribution in [-0.4, -0.2) is 17.8 Å². The monoisotopic (exact) mass is 431 g/mol. The zero-order chi connectivity index (χ0) is 15.3. The molecule has 0 atom stereocenters. The molecule has 0 fully saturated rings. The lowest BCUT2D eigenvalue weighted by atomic mass is 10.3. The van der Waals surface area contributed by atoms with E-state index in [1.54, 1.807) is 12.4 Å². The number of aliphatic imine (C=N–C) groups is 1. The number of nitrogens with zero attached hydrogens (tertiary/aromatic N) is 2. The molecule has 0 amide bonds. The van der Waals surface area contributed by atoms with Crippen LogP contribution in [-0.2, 0) is 0 Å². The van der Waals surface area contributed by atoms with Gasteiger partial charge in [0.05, 0.1) is 5.69 Å². The molecule has 0 aliphatic carbocycles. The van der Waals surface area contributed by atoms with E-state index >= 15 is 0 Å². The van der Waals surface area contributed by atoms with E-state index in [9.17, 15) is 13.2 Å². The number of hydrogen-bond acceptors (Lipinski definition) is 4. The predicted octanol–water partition coefficient (Wildman–Crippen LogP) is 4.53. The Bertz CT molecular complexity index is 549. The number of amidine groups is 1. The van der Waals surface area contributed by atoms with Gasteiger partial charge < -0.3 is 4.74 Å². The van der Waals surface area contributed by atoms with E-state index in [1.807, 2.05) is 0 Å². The van der Waals surface area contributed by atoms with E-state index in [-0.39, 0.29) is 14.7 Å². The summed E-state index contributed by atoms with van der Waals surface area (Å²) in [5.41, 5.74) is 0.339. The number of rotatable bonds is 2. The fourth-order valence-electron chi connectivity index (χ4n) is 1.12. The zero-order valence-corrected chi connectivity index (χ0v) is 13.7. The summed E-state index contributed by atoms with van der Waals surface area (Å²) in [5.74, 6) is -0.380. The van der Waals surface area contributed by atoms with Gasteiger partial charge in [-0.25, -0.2) is 4.99 Å². The van der Waals surface area contributed by atoms with Crippen LogP contribution in [0.2, 0.25) is 0 Å². The van der Waals surface area contributed by atoms with Crippen molar-refractivity contribution < 1.29 is 17.9 Å². The van der Waals surface area contributed by atoms with Crippen molar-refractivity contribution in [2.75, 3.05) is 6.26 Å². The molecule has 1 N–H and O–H groups in total. The summed E-state index contributed by atoms with van der Waals surface area (Å²) in [4.78, 5) is 4.12. The minimum absolute atomic E-state index is 0.289. The van der Waals surface area contributed by atoms with Gasteiger partial charge in [0, 0.05) is 8.95 Å². The quantitative estimate of drug-likeness (QED) is 0.323. The van der Waals surface area contributed by atoms with Crippen molar-refractivity contribution in [1.29, 1.82) is 5.26 Å². The van der Waals surface area contributed by atoms with E-state index in [4.69, 9.17) is 5.26 Å². The van der Waals surface area contributed by atoms with E-state index in [2.05, 4.69) is 46.9 Å². The van der Waals surface area contributed by atoms with Crippen molar-refractivity contribution in [2.24, 2.45) is 4.99 Å². The molecule has 0 saturated carbocycles. The number of nitriles is 1. The van der Waals surface area contributed by atoms with Crippen LogP contribution >= 0.6 is 43.6 Å². The maximum Gasteiger partial charge on any atom is 0.573 e. The molecule has 20 heavy (non-hydrogen) atoms. The van der Waals surface area contributed by atoms with Gasteiger partial charge in [-0.15, -0.1) is 13.2 Å². The second kappa shape index (κ2) is 7.19. The summed E-state index contributed by atoms with van der Waals surface area (Å²) >= 11 is 7.40. The molecular weight excluding hydrogens is 427 g/mol. The molecule has 1 rings (SSSR count). The van der Waals surface area contributed by atoms with Crippen LogP contribution in [0, 0.1) is 11.5 Å². The molecule has 0 heterocycles. The average molecular weight is 433 g/mol. The van der Waals surface area contributed by atoms with Crippen molar-refractivity contribution in [1.82, 2.24) is 5.32 Å². The first kappa shape index (κ1) is 17.1. The first-order valence-electron chi connectivity index (χ1n) is 4.79. The van der Waals surface area contributed by atoms with Crippen LogP contribution in [0.15, 0.2) is 26.1 Å². The maximum absolute atomic E-state index is 12.1. The Hall–Kier alpha value is -0.920. The first-order valence-corrected chi connectivity index (χ1v) is 7.60. The molecule has 10 heteroatoms. The third kappa shape index (κ3) is 5.22. The number of nitrogens with one attached hydrogen (secondary N) is 1. The molecule has 0 aliphatic heterocycles. The van der Waals surface area contributed by atoms with Gasteiger partial charge in [0.2, 0.25) is 0 Å². The number of hydrogen-bond donors (Lipinski definition) is 1. The van der Waals surface area contributed by atoms with Crippen LogP contribution < -0.4 is 10.1 Å². The number of thioether (sulfide) groups is 1. The number of halogens is 5. The van der Waals surface area contributed by atoms with Gasteiger partial charge in [0.1, 0.15) is 5.75 Å². The normalized spacial score (nSPS) is 11.9. The summed E-state index contributed by atoms with van der Waals surface area (Å²) in [6, 6.07) is 2.28. The Labute approximate surface area is 133 Å². The molecule has 108 valence electrons. The lowest BCUT2D eigenvalue weighted by Crippen LogP contribution is -2.17. The molecule has 1 aromatic rings. The van der Waals surface area contributed by atoms with Crippen molar-refractivity contribution in [3.63, 3.8) is 0 Å². The summed E-state index contributed by atoms with van der Waals surface area (Å²) in [7, 11) is 0. The van der Waals surface area contributed by atoms with Crippen LogP contribution in [0.25, 0.3) is 0 Å². The standard InChI is InChI=1S/C10H6Br2F3N3OS/c1-20-9(17-4-16)18-8-6(11)2-5(3-7(8)12)19-10(13,14)15/h2-3H,1H3,(H,17,18). The van der Waals surface area contributed by atoms with Crippen molar-refractivity contribution in [2.45, 2.75) is 6.36 Å². The van der Waals surface area contributed by atoms with Crippen molar-refractivity contribution >= 4 is 54.5 Å². The summed E-state index contributed by atoms with van der Waals surface area (Å²) in [5, 5.41) is 11.2. The minimum atomic E-state index is -4.77. The third-order valence-electron chi connectivity index (χ3n) is 1.79. The van der Waals surface area contributed by atoms with Crippen molar-refractivity contribution in [3.8, 4) is 11.9 Å². The van der Waals surface area contributed by atoms with Crippen LogP contribution in [0.3, 0.4) is 0 Å². The van der Waals surface area contributed by atoms with E-state index in [0.29, 0.717) is 10.9 Å². The Morgan fingerprint density at radius 1 is 1.40 bits per heavy atom. The SMILES string of the molecule is CSC(=Nc1c(Br)cc(OC(F)(F)F)cc1Br)NC#N. The summed E-state index contributed by atoms with van der Waals surface area (Å²) in [6.07, 6.45) is -1.35. The Morgan fingerprint density at radius 3 is 2.35 bits per heavy atom. The Kier molecular flexibility index (Phi) is 6.16. The summed E-state index contributed by atoms with van der Waals surface area (Å²) in [6.45, 7) is 0. The molecule has 1 aromatic carbocycles. The molecule has 0 aliphatic rings. The topological polar surface area (TPSA) is 57.4 Å². The maximum atomic E-state index is 12.1. The van der Waals surface area contributed by atoms with Gasteiger partial charge in [0.15, 0.2) is 11.4 Å². The highest BCUT2D eigenvalue weighted by atomic mass is 79.9. The summed E-state index contributed by atoms with van der Waals surface area (Å²) < 4.78 is 40.8. The lowest BCUT2D eigenvalue weighted by molar-refractivity contribution is -0.274. The van der Waals surface area contributed by atoms with Gasteiger partial charge in [-0.1, -0.05) is 11.8 Å². The van der Waals surface area contributed by atoms with E-state index < -0.39 is 6.36 Å². The smallest absolute Gasteiger partial charge is 0.406 e. The molecule has 4 nitrogen and oxygen atoms in total. The van der Waals surface area contributed by atoms with Crippen LogP contribution in [0.1, 0.15) is 0 Å². The highest BCUT2D eigenvalue weighted by molar-refractivity contribution is 9.11. The lowest BCUT2D eigenvalue weighted by Gasteiger charge is -2.11. The van der Waals surface area contributed by atoms with Gasteiger partial charge in [0.25, 0.3) is 0 Å². The third-order valence-corrected chi connectivity index (χ3v) is 3.58. The molecule has 0 spiro atoms. The second-order valence-electron chi connectivity index (χ2n) is 3.14. The fourth-order valence-corrected chi connectivity index (χ4v) is 2.77. The minimum Gasteiger partial charge on any atom is -0.406 e. The molecule has 0 saturated heterocycles. The molecule has 0 bridgehead atoms. The van der Waals surface area contributed by atoms with Crippen LogP contribution in [0.4, 0.5) is 18.9 Å². The largest absolute Gasteiger partial charge is 0.573 e. The first-order chi connectivity index (χ1) is 9.26. The predicted molar refractivity (Wildman–Crippen MR) is 77.9 cm³/mol. The van der Waals surface area contributed by atoms with Gasteiger partial charge in [-0.2, -0.15) is 5.26 Å². The fraction of sp³-hybridized carbons (Fsp3) is 0.200. The molecule has 0 radical (unpaired) electrons. The second-order valence-corrected chi connectivity index (χ2v) is 5.64. The number of ether oxygens (including phenoxy) is 1. The van der Waals surface area contributed by atoms with E-state index in [0.717, 1.165) is 12.1 Å². The van der Waals surface area contributed by atoms with Gasteiger partial charge in [-0.3, -0.25) is 5.32 Å². The van der Waals surface area contributed by atoms with Gasteiger partial charge >= 0.3 is 6.36 Å². The molecule has 0 unspecified atom stereocenters. The number of alkyl halides is 3. The Balaban J connectivity index is 3.16. The van der Waals surface area contributed by atoms with E-state index in [1.165, 1.54) is 11.8 Å². The van der Waals surface area contributed by atoms with Crippen LogP contribution in [0.5, 0.6) is 5.75 Å². The molecule has 0 aromatic heterocycles. The number of benzene rings is 1. The zero-order valence-electron chi connectivity index (χ0n) is 9.76. The van der Waals surface area contributed by atoms with Crippen molar-refractivity contribution in [3.05, 3.63) is 21.1 Å². The Morgan fingerprint density at radius 2 is 1.95 bits per heavy atom.